The molecule has 7 heteroatoms. The number of guanidine groups is 1. The van der Waals surface area contributed by atoms with E-state index >= 15 is 0 Å². The molecule has 0 saturated carbocycles. The summed E-state index contributed by atoms with van der Waals surface area (Å²) in [7, 11) is 1.84. The SMILES string of the molecule is CN=C(NCCCc1c[nH]c2ccccc12)N1CCN(CC(=O)NC(C)C)CC1. The van der Waals surface area contributed by atoms with Gasteiger partial charge in [0.2, 0.25) is 5.91 Å². The maximum Gasteiger partial charge on any atom is 0.234 e. The quantitative estimate of drug-likeness (QED) is 0.378. The normalized spacial score (nSPS) is 15.9. The fraction of sp³-hybridized carbons (Fsp3) is 0.545. The third kappa shape index (κ3) is 5.97. The summed E-state index contributed by atoms with van der Waals surface area (Å²) >= 11 is 0. The molecule has 1 aromatic carbocycles. The molecule has 1 aliphatic heterocycles. The van der Waals surface area contributed by atoms with E-state index in [9.17, 15) is 4.79 Å². The molecule has 0 radical (unpaired) electrons. The highest BCUT2D eigenvalue weighted by Crippen LogP contribution is 2.18. The minimum Gasteiger partial charge on any atom is -0.361 e. The first-order valence-electron chi connectivity index (χ1n) is 10.6. The zero-order valence-electron chi connectivity index (χ0n) is 17.9. The van der Waals surface area contributed by atoms with Gasteiger partial charge in [0.05, 0.1) is 6.54 Å². The number of carbonyl (C=O) groups is 1. The van der Waals surface area contributed by atoms with Crippen molar-refractivity contribution < 1.29 is 4.79 Å². The molecule has 7 nitrogen and oxygen atoms in total. The summed E-state index contributed by atoms with van der Waals surface area (Å²) in [5, 5.41) is 7.77. The molecule has 1 saturated heterocycles. The lowest BCUT2D eigenvalue weighted by atomic mass is 10.1. The minimum atomic E-state index is 0.105. The van der Waals surface area contributed by atoms with Crippen LogP contribution in [0.3, 0.4) is 0 Å². The molecule has 0 unspecified atom stereocenters. The number of benzene rings is 1. The van der Waals surface area contributed by atoms with Gasteiger partial charge in [0.1, 0.15) is 0 Å². The number of aryl methyl sites for hydroxylation is 1. The van der Waals surface area contributed by atoms with Crippen LogP contribution in [0.4, 0.5) is 0 Å². The highest BCUT2D eigenvalue weighted by atomic mass is 16.2. The molecule has 1 aliphatic rings. The topological polar surface area (TPSA) is 75.8 Å². The van der Waals surface area contributed by atoms with Crippen LogP contribution in [-0.4, -0.2) is 79.0 Å². The number of nitrogens with zero attached hydrogens (tertiary/aromatic N) is 3. The third-order valence-corrected chi connectivity index (χ3v) is 5.28. The van der Waals surface area contributed by atoms with Gasteiger partial charge < -0.3 is 20.5 Å². The molecule has 2 aromatic rings. The summed E-state index contributed by atoms with van der Waals surface area (Å²) in [5.74, 6) is 1.06. The van der Waals surface area contributed by atoms with E-state index in [2.05, 4.69) is 60.9 Å². The largest absolute Gasteiger partial charge is 0.361 e. The van der Waals surface area contributed by atoms with Crippen molar-refractivity contribution in [3.63, 3.8) is 0 Å². The van der Waals surface area contributed by atoms with Gasteiger partial charge in [0.25, 0.3) is 0 Å². The van der Waals surface area contributed by atoms with Crippen LogP contribution in [0.25, 0.3) is 10.9 Å². The Morgan fingerprint density at radius 2 is 1.97 bits per heavy atom. The number of aliphatic imine (C=N–C) groups is 1. The fourth-order valence-corrected chi connectivity index (χ4v) is 3.84. The zero-order valence-corrected chi connectivity index (χ0v) is 17.9. The smallest absolute Gasteiger partial charge is 0.234 e. The summed E-state index contributed by atoms with van der Waals surface area (Å²) < 4.78 is 0. The van der Waals surface area contributed by atoms with E-state index in [1.54, 1.807) is 0 Å². The van der Waals surface area contributed by atoms with Gasteiger partial charge in [-0.3, -0.25) is 14.7 Å². The summed E-state index contributed by atoms with van der Waals surface area (Å²) in [6.07, 6.45) is 4.21. The van der Waals surface area contributed by atoms with Crippen molar-refractivity contribution in [2.24, 2.45) is 4.99 Å². The molecule has 2 heterocycles. The van der Waals surface area contributed by atoms with Gasteiger partial charge in [-0.1, -0.05) is 18.2 Å². The third-order valence-electron chi connectivity index (χ3n) is 5.28. The average molecular weight is 399 g/mol. The predicted octanol–water partition coefficient (Wildman–Crippen LogP) is 1.82. The molecule has 0 bridgehead atoms. The standard InChI is InChI=1S/C22H34N6O/c1-17(2)26-21(29)16-27-11-13-28(14-12-27)22(23-3)24-10-6-7-18-15-25-20-9-5-4-8-19(18)20/h4-5,8-9,15,17,25H,6-7,10-14,16H2,1-3H3,(H,23,24)(H,26,29). The van der Waals surface area contributed by atoms with E-state index in [1.165, 1.54) is 16.5 Å². The number of rotatable bonds is 7. The molecule has 1 fully saturated rings. The van der Waals surface area contributed by atoms with Crippen LogP contribution >= 0.6 is 0 Å². The summed E-state index contributed by atoms with van der Waals surface area (Å²) in [4.78, 5) is 24.2. The highest BCUT2D eigenvalue weighted by Gasteiger charge is 2.21. The summed E-state index contributed by atoms with van der Waals surface area (Å²) in [6.45, 7) is 8.87. The van der Waals surface area contributed by atoms with Crippen molar-refractivity contribution in [2.75, 3.05) is 46.3 Å². The van der Waals surface area contributed by atoms with Crippen molar-refractivity contribution >= 4 is 22.8 Å². The molecule has 1 aromatic heterocycles. The molecule has 3 rings (SSSR count). The molecule has 158 valence electrons. The van der Waals surface area contributed by atoms with Gasteiger partial charge in [0, 0.05) is 62.9 Å². The molecule has 1 amide bonds. The minimum absolute atomic E-state index is 0.105. The van der Waals surface area contributed by atoms with Crippen LogP contribution in [0.2, 0.25) is 0 Å². The Morgan fingerprint density at radius 3 is 2.69 bits per heavy atom. The predicted molar refractivity (Wildman–Crippen MR) is 119 cm³/mol. The van der Waals surface area contributed by atoms with Crippen molar-refractivity contribution in [3.05, 3.63) is 36.0 Å². The number of carbonyl (C=O) groups excluding carboxylic acids is 1. The number of aromatic amines is 1. The molecule has 0 atom stereocenters. The van der Waals surface area contributed by atoms with Crippen LogP contribution in [-0.2, 0) is 11.2 Å². The van der Waals surface area contributed by atoms with Crippen LogP contribution < -0.4 is 10.6 Å². The monoisotopic (exact) mass is 398 g/mol. The Bertz CT molecular complexity index is 820. The highest BCUT2D eigenvalue weighted by molar-refractivity contribution is 5.83. The zero-order chi connectivity index (χ0) is 20.6. The van der Waals surface area contributed by atoms with Gasteiger partial charge in [-0.2, -0.15) is 0 Å². The van der Waals surface area contributed by atoms with Crippen LogP contribution in [0.5, 0.6) is 0 Å². The lowest BCUT2D eigenvalue weighted by molar-refractivity contribution is -0.123. The summed E-state index contributed by atoms with van der Waals surface area (Å²) in [5.41, 5.74) is 2.57. The van der Waals surface area contributed by atoms with Crippen molar-refractivity contribution in [3.8, 4) is 0 Å². The maximum atomic E-state index is 11.9. The Morgan fingerprint density at radius 1 is 1.21 bits per heavy atom. The number of amides is 1. The van der Waals surface area contributed by atoms with Crippen molar-refractivity contribution in [1.82, 2.24) is 25.4 Å². The van der Waals surface area contributed by atoms with Crippen LogP contribution in [0.15, 0.2) is 35.5 Å². The number of para-hydroxylation sites is 1. The van der Waals surface area contributed by atoms with Gasteiger partial charge in [-0.05, 0) is 38.3 Å². The van der Waals surface area contributed by atoms with Crippen LogP contribution in [0.1, 0.15) is 25.8 Å². The lowest BCUT2D eigenvalue weighted by Gasteiger charge is -2.36. The summed E-state index contributed by atoms with van der Waals surface area (Å²) in [6, 6.07) is 8.63. The van der Waals surface area contributed by atoms with E-state index in [1.807, 2.05) is 20.9 Å². The first-order chi connectivity index (χ1) is 14.1. The number of nitrogens with one attached hydrogen (secondary N) is 3. The van der Waals surface area contributed by atoms with Gasteiger partial charge >= 0.3 is 0 Å². The number of fused-ring (bicyclic) bond motifs is 1. The number of piperazine rings is 1. The van der Waals surface area contributed by atoms with E-state index in [-0.39, 0.29) is 11.9 Å². The number of aromatic nitrogens is 1. The lowest BCUT2D eigenvalue weighted by Crippen LogP contribution is -2.54. The second-order valence-corrected chi connectivity index (χ2v) is 7.92. The Hall–Kier alpha value is -2.54. The molecule has 29 heavy (non-hydrogen) atoms. The number of hydrogen-bond donors (Lipinski definition) is 3. The fourth-order valence-electron chi connectivity index (χ4n) is 3.84. The number of H-pyrrole nitrogens is 1. The van der Waals surface area contributed by atoms with Crippen molar-refractivity contribution in [2.45, 2.75) is 32.7 Å². The average Bonchev–Trinajstić information content (AvgIpc) is 3.11. The van der Waals surface area contributed by atoms with E-state index in [0.29, 0.717) is 6.54 Å². The molecular formula is C22H34N6O. The van der Waals surface area contributed by atoms with Crippen LogP contribution in [0, 0.1) is 0 Å². The van der Waals surface area contributed by atoms with Gasteiger partial charge in [-0.15, -0.1) is 0 Å². The second-order valence-electron chi connectivity index (χ2n) is 7.92. The van der Waals surface area contributed by atoms with Crippen molar-refractivity contribution in [1.29, 1.82) is 0 Å². The van der Waals surface area contributed by atoms with Gasteiger partial charge in [-0.25, -0.2) is 0 Å². The Kier molecular flexibility index (Phi) is 7.52. The Balaban J connectivity index is 1.39. The van der Waals surface area contributed by atoms with E-state index in [4.69, 9.17) is 0 Å². The first-order valence-corrected chi connectivity index (χ1v) is 10.6. The first kappa shape index (κ1) is 21.2. The molecule has 0 spiro atoms. The molecule has 3 N–H and O–H groups in total. The van der Waals surface area contributed by atoms with E-state index < -0.39 is 0 Å². The van der Waals surface area contributed by atoms with Gasteiger partial charge in [0.15, 0.2) is 5.96 Å². The maximum absolute atomic E-state index is 11.9. The second kappa shape index (κ2) is 10.3. The molecular weight excluding hydrogens is 364 g/mol. The van der Waals surface area contributed by atoms with E-state index in [0.717, 1.165) is 51.5 Å². The number of hydrogen-bond acceptors (Lipinski definition) is 3. The molecule has 0 aliphatic carbocycles. The Labute approximate surface area is 173 Å².